The minimum absolute atomic E-state index is 0.0218. The van der Waals surface area contributed by atoms with Crippen molar-refractivity contribution in [2.45, 2.75) is 63.1 Å². The second-order valence-electron chi connectivity index (χ2n) is 12.3. The van der Waals surface area contributed by atoms with Gasteiger partial charge in [-0.3, -0.25) is 9.59 Å². The topological polar surface area (TPSA) is 131 Å². The molecule has 0 aliphatic carbocycles. The van der Waals surface area contributed by atoms with Gasteiger partial charge in [0.2, 0.25) is 5.91 Å². The highest BCUT2D eigenvalue weighted by Gasteiger charge is 2.38. The molecule has 4 aromatic carbocycles. The lowest BCUT2D eigenvalue weighted by Gasteiger charge is -2.41. The Morgan fingerprint density at radius 1 is 0.800 bits per heavy atom. The van der Waals surface area contributed by atoms with Gasteiger partial charge < -0.3 is 29.4 Å². The van der Waals surface area contributed by atoms with Crippen molar-refractivity contribution < 1.29 is 33.7 Å². The summed E-state index contributed by atoms with van der Waals surface area (Å²) in [7, 11) is 0. The molecule has 1 aromatic heterocycles. The predicted molar refractivity (Wildman–Crippen MR) is 191 cm³/mol. The lowest BCUT2D eigenvalue weighted by molar-refractivity contribution is -0.268. The Hall–Kier alpha value is -4.74. The number of amides is 1. The van der Waals surface area contributed by atoms with E-state index in [9.17, 15) is 14.7 Å². The summed E-state index contributed by atoms with van der Waals surface area (Å²) in [4.78, 5) is 27.8. The molecule has 0 radical (unpaired) electrons. The van der Waals surface area contributed by atoms with Crippen LogP contribution in [0.4, 0.5) is 0 Å². The second kappa shape index (κ2) is 16.8. The number of aliphatic hydroxyl groups excluding tert-OH is 1. The fourth-order valence-corrected chi connectivity index (χ4v) is 6.87. The third-order valence-electron chi connectivity index (χ3n) is 8.72. The lowest BCUT2D eigenvalue weighted by atomic mass is 9.91. The number of benzene rings is 4. The van der Waals surface area contributed by atoms with E-state index in [1.807, 2.05) is 109 Å². The number of nitrogens with one attached hydrogen (secondary N) is 1. The van der Waals surface area contributed by atoms with Crippen molar-refractivity contribution in [3.63, 3.8) is 0 Å². The van der Waals surface area contributed by atoms with Crippen LogP contribution in [-0.4, -0.2) is 38.9 Å². The van der Waals surface area contributed by atoms with Gasteiger partial charge in [-0.15, -0.1) is 0 Å². The summed E-state index contributed by atoms with van der Waals surface area (Å²) >= 11 is 1.51. The minimum Gasteiger partial charge on any atom is -0.481 e. The molecule has 1 amide bonds. The zero-order chi connectivity index (χ0) is 34.9. The van der Waals surface area contributed by atoms with Gasteiger partial charge in [-0.2, -0.15) is 0 Å². The number of rotatable bonds is 14. The molecule has 2 heterocycles. The summed E-state index contributed by atoms with van der Waals surface area (Å²) in [6, 6.07) is 35.5. The van der Waals surface area contributed by atoms with Gasteiger partial charge in [-0.05, 0) is 23.1 Å². The van der Waals surface area contributed by atoms with Crippen LogP contribution in [-0.2, 0) is 32.2 Å². The second-order valence-corrected chi connectivity index (χ2v) is 13.3. The van der Waals surface area contributed by atoms with Crippen LogP contribution in [0.2, 0.25) is 0 Å². The van der Waals surface area contributed by atoms with Gasteiger partial charge in [-0.1, -0.05) is 128 Å². The Bertz CT molecular complexity index is 1790. The Balaban J connectivity index is 1.19. The van der Waals surface area contributed by atoms with Crippen molar-refractivity contribution in [2.75, 3.05) is 5.75 Å². The largest absolute Gasteiger partial charge is 0.481 e. The monoisotopic (exact) mass is 692 g/mol. The minimum atomic E-state index is -0.910. The predicted octanol–water partition coefficient (Wildman–Crippen LogP) is 7.96. The molecular weight excluding hydrogens is 653 g/mol. The van der Waals surface area contributed by atoms with Crippen molar-refractivity contribution in [2.24, 2.45) is 5.92 Å². The van der Waals surface area contributed by atoms with Crippen molar-refractivity contribution in [1.29, 1.82) is 0 Å². The van der Waals surface area contributed by atoms with E-state index in [0.717, 1.165) is 44.8 Å². The zero-order valence-corrected chi connectivity index (χ0v) is 28.6. The van der Waals surface area contributed by atoms with Gasteiger partial charge in [0.05, 0.1) is 18.8 Å². The summed E-state index contributed by atoms with van der Waals surface area (Å²) in [5.74, 6) is 0.174. The van der Waals surface area contributed by atoms with E-state index in [1.54, 1.807) is 0 Å². The number of carboxylic acids is 1. The number of thioether (sulfide) groups is 1. The van der Waals surface area contributed by atoms with E-state index in [0.29, 0.717) is 23.9 Å². The molecule has 9 nitrogen and oxygen atoms in total. The Morgan fingerprint density at radius 3 is 2.10 bits per heavy atom. The summed E-state index contributed by atoms with van der Waals surface area (Å²) in [6.45, 7) is 2.42. The van der Waals surface area contributed by atoms with E-state index < -0.39 is 12.3 Å². The number of aliphatic carboxylic acids is 1. The molecule has 3 N–H and O–H groups in total. The number of carbonyl (C=O) groups is 2. The fourth-order valence-electron chi connectivity index (χ4n) is 5.88. The van der Waals surface area contributed by atoms with E-state index in [2.05, 4.69) is 12.2 Å². The number of carbonyl (C=O) groups excluding carboxylic acids is 1. The average molecular weight is 693 g/mol. The molecule has 1 saturated heterocycles. The lowest BCUT2D eigenvalue weighted by Crippen LogP contribution is -2.38. The molecule has 6 rings (SSSR count). The molecule has 10 heteroatoms. The van der Waals surface area contributed by atoms with Crippen LogP contribution in [0.25, 0.3) is 22.6 Å². The number of aromatic nitrogens is 1. The van der Waals surface area contributed by atoms with E-state index in [1.165, 1.54) is 11.8 Å². The van der Waals surface area contributed by atoms with Crippen LogP contribution >= 0.6 is 11.8 Å². The quantitative estimate of drug-likeness (QED) is 0.0993. The third-order valence-corrected chi connectivity index (χ3v) is 9.64. The number of oxazole rings is 1. The molecule has 1 fully saturated rings. The Kier molecular flexibility index (Phi) is 11.8. The molecule has 50 heavy (non-hydrogen) atoms. The number of aliphatic hydroxyl groups is 1. The Morgan fingerprint density at radius 2 is 1.44 bits per heavy atom. The smallest absolute Gasteiger partial charge is 0.303 e. The van der Waals surface area contributed by atoms with Gasteiger partial charge in [0, 0.05) is 47.7 Å². The first-order chi connectivity index (χ1) is 24.4. The van der Waals surface area contributed by atoms with E-state index in [4.69, 9.17) is 24.0 Å². The van der Waals surface area contributed by atoms with Gasteiger partial charge in [0.1, 0.15) is 5.69 Å². The molecule has 1 aliphatic heterocycles. The molecule has 258 valence electrons. The van der Waals surface area contributed by atoms with Crippen molar-refractivity contribution in [3.8, 4) is 22.6 Å². The highest BCUT2D eigenvalue weighted by atomic mass is 32.2. The van der Waals surface area contributed by atoms with Crippen LogP contribution in [0.5, 0.6) is 0 Å². The number of hydrogen-bond acceptors (Lipinski definition) is 8. The maximum absolute atomic E-state index is 12.1. The Labute approximate surface area is 295 Å². The van der Waals surface area contributed by atoms with Crippen LogP contribution in [0.15, 0.2) is 119 Å². The molecule has 0 saturated carbocycles. The van der Waals surface area contributed by atoms with Gasteiger partial charge in [-0.25, -0.2) is 4.98 Å². The number of hydrogen-bond donors (Lipinski definition) is 3. The first-order valence-corrected chi connectivity index (χ1v) is 17.7. The normalized spacial score (nSPS) is 18.8. The summed E-state index contributed by atoms with van der Waals surface area (Å²) in [6.07, 6.45) is -0.712. The standard InChI is InChI=1S/C40H40N2O7S/c1-26-33(25-50-40-42-36(29-9-4-2-5-10-29)38(49-40)30-11-6-3-7-12-30)47-39(48-37(26)31-19-17-28(24-43)18-20-31)32-21-15-27(16-22-32)23-41-34(44)13-8-14-35(45)46/h2-7,9-12,15-22,26,33,37,39,43H,8,13-14,23-25H2,1H3,(H,41,44)(H,45,46)/t26-,33+,37+,39+/m0/s1. The number of ether oxygens (including phenoxy) is 2. The molecule has 5 aromatic rings. The maximum atomic E-state index is 12.1. The molecule has 0 bridgehead atoms. The first-order valence-electron chi connectivity index (χ1n) is 16.7. The molecular formula is C40H40N2O7S. The molecule has 0 unspecified atom stereocenters. The van der Waals surface area contributed by atoms with Crippen LogP contribution < -0.4 is 5.32 Å². The van der Waals surface area contributed by atoms with Gasteiger partial charge >= 0.3 is 5.97 Å². The highest BCUT2D eigenvalue weighted by Crippen LogP contribution is 2.44. The molecule has 0 spiro atoms. The van der Waals surface area contributed by atoms with E-state index >= 15 is 0 Å². The first kappa shape index (κ1) is 35.1. The number of carboxylic acid groups (broad SMARTS) is 1. The molecule has 1 aliphatic rings. The SMILES string of the molecule is C[C@H]1[C@@H](CSc2nc(-c3ccccc3)c(-c3ccccc3)o2)O[C@@H](c2ccc(CNC(=O)CCCC(=O)O)cc2)O[C@H]1c1ccc(CO)cc1. The fraction of sp³-hybridized carbons (Fsp3) is 0.275. The van der Waals surface area contributed by atoms with E-state index in [-0.39, 0.29) is 43.5 Å². The summed E-state index contributed by atoms with van der Waals surface area (Å²) in [5.41, 5.74) is 6.29. The van der Waals surface area contributed by atoms with Crippen LogP contribution in [0.3, 0.4) is 0 Å². The highest BCUT2D eigenvalue weighted by molar-refractivity contribution is 7.99. The maximum Gasteiger partial charge on any atom is 0.303 e. The van der Waals surface area contributed by atoms with Crippen molar-refractivity contribution >= 4 is 23.6 Å². The summed E-state index contributed by atoms with van der Waals surface area (Å²) in [5, 5.41) is 21.8. The van der Waals surface area contributed by atoms with Crippen molar-refractivity contribution in [1.82, 2.24) is 10.3 Å². The van der Waals surface area contributed by atoms with Crippen molar-refractivity contribution in [3.05, 3.63) is 131 Å². The van der Waals surface area contributed by atoms with Gasteiger partial charge in [0.15, 0.2) is 12.1 Å². The molecule has 4 atom stereocenters. The number of nitrogens with zero attached hydrogens (tertiary/aromatic N) is 1. The average Bonchev–Trinajstić information content (AvgIpc) is 3.59. The summed E-state index contributed by atoms with van der Waals surface area (Å²) < 4.78 is 19.7. The van der Waals surface area contributed by atoms with Crippen LogP contribution in [0.1, 0.15) is 60.8 Å². The third kappa shape index (κ3) is 8.88. The zero-order valence-electron chi connectivity index (χ0n) is 27.7. The van der Waals surface area contributed by atoms with Crippen LogP contribution in [0, 0.1) is 5.92 Å². The van der Waals surface area contributed by atoms with Gasteiger partial charge in [0.25, 0.3) is 5.22 Å².